The smallest absolute Gasteiger partial charge is 0.279 e. The number of rotatable bonds is 7. The molecule has 0 saturated carbocycles. The number of carbonyl (C=O) groups excluding carboxylic acids is 2. The first-order valence-corrected chi connectivity index (χ1v) is 8.73. The van der Waals surface area contributed by atoms with Gasteiger partial charge in [0, 0.05) is 12.7 Å². The van der Waals surface area contributed by atoms with Gasteiger partial charge >= 0.3 is 0 Å². The zero-order chi connectivity index (χ0) is 19.3. The molecule has 0 aliphatic carbocycles. The molecule has 1 atom stereocenters. The molecule has 0 bridgehead atoms. The molecule has 1 heterocycles. The number of aryl methyl sites for hydroxylation is 2. The standard InChI is InChI=1S/C20H27N3O3/c1-14-7-6-8-18(16(14)3)21-19(24)12-22(4)13-20(25)23(5)11-17-10-9-15(2)26-17/h6-10H,11-13H2,1-5H3,(H,21,24)/p+1. The first-order chi connectivity index (χ1) is 12.3. The molecule has 26 heavy (non-hydrogen) atoms. The van der Waals surface area contributed by atoms with Crippen LogP contribution in [-0.2, 0) is 16.1 Å². The SMILES string of the molecule is Cc1ccc(CN(C)C(=O)C[NH+](C)CC(=O)Nc2cccc(C)c2C)o1. The van der Waals surface area contributed by atoms with E-state index in [1.165, 1.54) is 0 Å². The van der Waals surface area contributed by atoms with Gasteiger partial charge in [-0.2, -0.15) is 0 Å². The van der Waals surface area contributed by atoms with E-state index in [1.54, 1.807) is 11.9 Å². The number of carbonyl (C=O) groups is 2. The molecular weight excluding hydrogens is 330 g/mol. The molecule has 1 unspecified atom stereocenters. The molecular formula is C20H28N3O3+. The van der Waals surface area contributed by atoms with Gasteiger partial charge in [0.05, 0.1) is 13.6 Å². The molecule has 1 aromatic carbocycles. The number of furan rings is 1. The number of hydrogen-bond acceptors (Lipinski definition) is 3. The molecule has 0 radical (unpaired) electrons. The topological polar surface area (TPSA) is 67.0 Å². The fraction of sp³-hybridized carbons (Fsp3) is 0.400. The average molecular weight is 358 g/mol. The predicted octanol–water partition coefficient (Wildman–Crippen LogP) is 1.32. The molecule has 2 aromatic rings. The van der Waals surface area contributed by atoms with Crippen molar-refractivity contribution in [3.8, 4) is 0 Å². The van der Waals surface area contributed by atoms with Crippen LogP contribution in [0.2, 0.25) is 0 Å². The van der Waals surface area contributed by atoms with Gasteiger partial charge in [-0.1, -0.05) is 12.1 Å². The van der Waals surface area contributed by atoms with Crippen molar-refractivity contribution < 1.29 is 18.9 Å². The summed E-state index contributed by atoms with van der Waals surface area (Å²) in [5.74, 6) is 1.44. The molecule has 0 aliphatic heterocycles. The lowest BCUT2D eigenvalue weighted by Gasteiger charge is -2.19. The molecule has 1 aromatic heterocycles. The number of likely N-dealkylation sites (N-methyl/N-ethyl adjacent to an activating group) is 2. The van der Waals surface area contributed by atoms with Crippen LogP contribution in [0.3, 0.4) is 0 Å². The average Bonchev–Trinajstić information content (AvgIpc) is 2.96. The van der Waals surface area contributed by atoms with Crippen molar-refractivity contribution in [1.29, 1.82) is 0 Å². The molecule has 140 valence electrons. The maximum absolute atomic E-state index is 12.3. The highest BCUT2D eigenvalue weighted by Crippen LogP contribution is 2.17. The second-order valence-electron chi connectivity index (χ2n) is 6.87. The first kappa shape index (κ1) is 19.7. The number of benzene rings is 1. The van der Waals surface area contributed by atoms with Crippen LogP contribution in [0.15, 0.2) is 34.7 Å². The van der Waals surface area contributed by atoms with Crippen LogP contribution in [-0.4, -0.2) is 43.9 Å². The highest BCUT2D eigenvalue weighted by Gasteiger charge is 2.18. The summed E-state index contributed by atoms with van der Waals surface area (Å²) in [5, 5.41) is 2.93. The van der Waals surface area contributed by atoms with Crippen LogP contribution in [0, 0.1) is 20.8 Å². The van der Waals surface area contributed by atoms with Gasteiger partial charge in [-0.05, 0) is 50.1 Å². The molecule has 6 nitrogen and oxygen atoms in total. The number of nitrogens with zero attached hydrogens (tertiary/aromatic N) is 1. The summed E-state index contributed by atoms with van der Waals surface area (Å²) in [6, 6.07) is 9.57. The van der Waals surface area contributed by atoms with Crippen molar-refractivity contribution in [1.82, 2.24) is 4.90 Å². The van der Waals surface area contributed by atoms with Gasteiger partial charge < -0.3 is 19.5 Å². The van der Waals surface area contributed by atoms with Crippen LogP contribution in [0.4, 0.5) is 5.69 Å². The van der Waals surface area contributed by atoms with E-state index in [0.717, 1.165) is 33.2 Å². The van der Waals surface area contributed by atoms with Gasteiger partial charge in [0.1, 0.15) is 11.5 Å². The minimum Gasteiger partial charge on any atom is -0.464 e. The Bertz CT molecular complexity index is 782. The molecule has 0 saturated heterocycles. The Hall–Kier alpha value is -2.60. The van der Waals surface area contributed by atoms with E-state index in [4.69, 9.17) is 4.42 Å². The zero-order valence-corrected chi connectivity index (χ0v) is 16.2. The Morgan fingerprint density at radius 3 is 2.50 bits per heavy atom. The number of amides is 2. The Balaban J connectivity index is 1.83. The van der Waals surface area contributed by atoms with E-state index in [2.05, 4.69) is 5.32 Å². The normalized spacial score (nSPS) is 11.9. The van der Waals surface area contributed by atoms with Crippen LogP contribution in [0.1, 0.15) is 22.6 Å². The van der Waals surface area contributed by atoms with Crippen LogP contribution in [0.25, 0.3) is 0 Å². The van der Waals surface area contributed by atoms with Gasteiger partial charge in [0.2, 0.25) is 0 Å². The summed E-state index contributed by atoms with van der Waals surface area (Å²) in [7, 11) is 3.58. The summed E-state index contributed by atoms with van der Waals surface area (Å²) < 4.78 is 5.50. The Morgan fingerprint density at radius 1 is 1.12 bits per heavy atom. The highest BCUT2D eigenvalue weighted by atomic mass is 16.3. The minimum absolute atomic E-state index is 0.0314. The number of anilines is 1. The number of hydrogen-bond donors (Lipinski definition) is 2. The summed E-state index contributed by atoms with van der Waals surface area (Å²) in [6.45, 7) is 6.77. The molecule has 0 aliphatic rings. The molecule has 2 N–H and O–H groups in total. The predicted molar refractivity (Wildman–Crippen MR) is 101 cm³/mol. The van der Waals surface area contributed by atoms with E-state index in [-0.39, 0.29) is 24.9 Å². The lowest BCUT2D eigenvalue weighted by Crippen LogP contribution is -3.11. The Morgan fingerprint density at radius 2 is 1.85 bits per heavy atom. The zero-order valence-electron chi connectivity index (χ0n) is 16.2. The molecule has 2 amide bonds. The van der Waals surface area contributed by atoms with Crippen molar-refractivity contribution in [3.63, 3.8) is 0 Å². The highest BCUT2D eigenvalue weighted by molar-refractivity contribution is 5.92. The number of quaternary nitrogens is 1. The van der Waals surface area contributed by atoms with Gasteiger partial charge in [0.15, 0.2) is 13.1 Å². The van der Waals surface area contributed by atoms with Crippen molar-refractivity contribution in [3.05, 3.63) is 53.0 Å². The second-order valence-corrected chi connectivity index (χ2v) is 6.87. The minimum atomic E-state index is -0.103. The molecule has 0 fully saturated rings. The lowest BCUT2D eigenvalue weighted by molar-refractivity contribution is -0.862. The van der Waals surface area contributed by atoms with Gasteiger partial charge in [0.25, 0.3) is 11.8 Å². The Kier molecular flexibility index (Phi) is 6.58. The van der Waals surface area contributed by atoms with Crippen molar-refractivity contribution >= 4 is 17.5 Å². The summed E-state index contributed by atoms with van der Waals surface area (Å²) in [4.78, 5) is 27.0. The largest absolute Gasteiger partial charge is 0.464 e. The fourth-order valence-electron chi connectivity index (χ4n) is 2.70. The van der Waals surface area contributed by atoms with Gasteiger partial charge in [-0.25, -0.2) is 0 Å². The van der Waals surface area contributed by atoms with Crippen LogP contribution < -0.4 is 10.2 Å². The van der Waals surface area contributed by atoms with Crippen molar-refractivity contribution in [2.75, 3.05) is 32.5 Å². The van der Waals surface area contributed by atoms with Crippen molar-refractivity contribution in [2.45, 2.75) is 27.3 Å². The first-order valence-electron chi connectivity index (χ1n) is 8.73. The Labute approximate surface area is 154 Å². The third-order valence-corrected chi connectivity index (χ3v) is 4.41. The van der Waals surface area contributed by atoms with E-state index >= 15 is 0 Å². The van der Waals surface area contributed by atoms with Crippen LogP contribution in [0.5, 0.6) is 0 Å². The lowest BCUT2D eigenvalue weighted by atomic mass is 10.1. The van der Waals surface area contributed by atoms with Crippen LogP contribution >= 0.6 is 0 Å². The van der Waals surface area contributed by atoms with Gasteiger partial charge in [-0.3, -0.25) is 9.59 Å². The van der Waals surface area contributed by atoms with E-state index in [0.29, 0.717) is 6.54 Å². The monoisotopic (exact) mass is 358 g/mol. The maximum atomic E-state index is 12.3. The molecule has 2 rings (SSSR count). The van der Waals surface area contributed by atoms with E-state index < -0.39 is 0 Å². The van der Waals surface area contributed by atoms with E-state index in [1.807, 2.05) is 58.2 Å². The summed E-state index contributed by atoms with van der Waals surface area (Å²) in [6.07, 6.45) is 0. The third-order valence-electron chi connectivity index (χ3n) is 4.41. The van der Waals surface area contributed by atoms with Crippen molar-refractivity contribution in [2.24, 2.45) is 0 Å². The molecule has 6 heteroatoms. The quantitative estimate of drug-likeness (QED) is 0.784. The summed E-state index contributed by atoms with van der Waals surface area (Å²) >= 11 is 0. The second kappa shape index (κ2) is 8.67. The maximum Gasteiger partial charge on any atom is 0.279 e. The van der Waals surface area contributed by atoms with Gasteiger partial charge in [-0.15, -0.1) is 0 Å². The molecule has 0 spiro atoms. The third kappa shape index (κ3) is 5.46. The number of nitrogens with one attached hydrogen (secondary N) is 2. The summed E-state index contributed by atoms with van der Waals surface area (Å²) in [5.41, 5.74) is 3.01. The van der Waals surface area contributed by atoms with E-state index in [9.17, 15) is 9.59 Å². The fourth-order valence-corrected chi connectivity index (χ4v) is 2.70.